The average Bonchev–Trinajstić information content (AvgIpc) is 2.24. The Bertz CT molecular complexity index is 285. The van der Waals surface area contributed by atoms with Crippen molar-refractivity contribution in [3.05, 3.63) is 0 Å². The van der Waals surface area contributed by atoms with E-state index in [2.05, 4.69) is 10.6 Å². The lowest BCUT2D eigenvalue weighted by Gasteiger charge is -2.40. The van der Waals surface area contributed by atoms with E-state index in [4.69, 9.17) is 14.9 Å². The second kappa shape index (κ2) is 5.83. The summed E-state index contributed by atoms with van der Waals surface area (Å²) < 4.78 is 5.29. The van der Waals surface area contributed by atoms with Gasteiger partial charge in [-0.05, 0) is 19.3 Å². The zero-order valence-corrected chi connectivity index (χ0v) is 9.73. The molecule has 0 heterocycles. The number of aliphatic hydroxyl groups excluding tert-OH is 1. The van der Waals surface area contributed by atoms with Gasteiger partial charge in [0.1, 0.15) is 0 Å². The van der Waals surface area contributed by atoms with Crippen molar-refractivity contribution < 1.29 is 24.5 Å². The van der Waals surface area contributed by atoms with Crippen LogP contribution in [0.2, 0.25) is 0 Å². The topological polar surface area (TPSA) is 108 Å². The van der Waals surface area contributed by atoms with Crippen molar-refractivity contribution in [3.63, 3.8) is 0 Å². The highest BCUT2D eigenvalue weighted by Crippen LogP contribution is 2.34. The van der Waals surface area contributed by atoms with Gasteiger partial charge >= 0.3 is 12.0 Å². The highest BCUT2D eigenvalue weighted by molar-refractivity contribution is 5.82. The summed E-state index contributed by atoms with van der Waals surface area (Å²) in [5.41, 5.74) is -0.310. The van der Waals surface area contributed by atoms with Crippen molar-refractivity contribution in [1.82, 2.24) is 10.6 Å². The molecule has 0 bridgehead atoms. The Hall–Kier alpha value is -1.34. The molecule has 98 valence electrons. The Morgan fingerprint density at radius 3 is 2.47 bits per heavy atom. The smallest absolute Gasteiger partial charge is 0.328 e. The molecule has 0 aromatic carbocycles. The largest absolute Gasteiger partial charge is 0.480 e. The normalized spacial score (nSPS) is 18.9. The molecule has 1 saturated carbocycles. The average molecular weight is 246 g/mol. The molecule has 0 aromatic heterocycles. The van der Waals surface area contributed by atoms with Crippen LogP contribution >= 0.6 is 0 Å². The van der Waals surface area contributed by atoms with Gasteiger partial charge in [-0.25, -0.2) is 9.59 Å². The number of carbonyl (C=O) groups excluding carboxylic acids is 1. The van der Waals surface area contributed by atoms with Gasteiger partial charge in [-0.3, -0.25) is 0 Å². The highest BCUT2D eigenvalue weighted by Gasteiger charge is 2.37. The van der Waals surface area contributed by atoms with Crippen molar-refractivity contribution >= 4 is 12.0 Å². The first-order valence-electron chi connectivity index (χ1n) is 5.46. The van der Waals surface area contributed by atoms with Crippen molar-refractivity contribution in [1.29, 1.82) is 0 Å². The third-order valence-electron chi connectivity index (χ3n) is 3.05. The van der Waals surface area contributed by atoms with Crippen LogP contribution in [-0.4, -0.2) is 54.1 Å². The number of carboxylic acids is 1. The quantitative estimate of drug-likeness (QED) is 0.495. The Labute approximate surface area is 99.1 Å². The lowest BCUT2D eigenvalue weighted by Crippen LogP contribution is -2.54. The molecule has 1 fully saturated rings. The van der Waals surface area contributed by atoms with Gasteiger partial charge in [0.2, 0.25) is 0 Å². The van der Waals surface area contributed by atoms with E-state index in [0.717, 1.165) is 19.3 Å². The van der Waals surface area contributed by atoms with Crippen LogP contribution in [0.25, 0.3) is 0 Å². The summed E-state index contributed by atoms with van der Waals surface area (Å²) in [6, 6.07) is -1.90. The lowest BCUT2D eigenvalue weighted by molar-refractivity contribution is -0.140. The third-order valence-corrected chi connectivity index (χ3v) is 3.05. The fourth-order valence-corrected chi connectivity index (χ4v) is 1.66. The van der Waals surface area contributed by atoms with E-state index in [0.29, 0.717) is 6.54 Å². The second-order valence-electron chi connectivity index (χ2n) is 4.14. The molecule has 1 unspecified atom stereocenters. The second-order valence-corrected chi connectivity index (χ2v) is 4.14. The molecule has 7 heteroatoms. The van der Waals surface area contributed by atoms with Crippen LogP contribution in [0.15, 0.2) is 0 Å². The number of amides is 2. The summed E-state index contributed by atoms with van der Waals surface area (Å²) in [4.78, 5) is 21.9. The number of urea groups is 1. The molecule has 1 atom stereocenters. The van der Waals surface area contributed by atoms with Gasteiger partial charge < -0.3 is 25.6 Å². The van der Waals surface area contributed by atoms with Gasteiger partial charge in [-0.15, -0.1) is 0 Å². The number of ether oxygens (including phenoxy) is 1. The van der Waals surface area contributed by atoms with Crippen molar-refractivity contribution in [2.45, 2.75) is 30.9 Å². The van der Waals surface area contributed by atoms with E-state index in [1.54, 1.807) is 7.11 Å². The van der Waals surface area contributed by atoms with Gasteiger partial charge in [-0.1, -0.05) is 0 Å². The monoisotopic (exact) mass is 246 g/mol. The molecule has 0 aliphatic heterocycles. The third kappa shape index (κ3) is 3.57. The molecule has 7 nitrogen and oxygen atoms in total. The summed E-state index contributed by atoms with van der Waals surface area (Å²) in [7, 11) is 1.59. The van der Waals surface area contributed by atoms with Gasteiger partial charge in [-0.2, -0.15) is 0 Å². The summed E-state index contributed by atoms with van der Waals surface area (Å²) in [6.07, 6.45) is 2.82. The van der Waals surface area contributed by atoms with Gasteiger partial charge in [0.05, 0.1) is 12.2 Å². The standard InChI is InChI=1S/C10H18N2O5/c1-17-10(3-2-4-10)6-11-9(16)12-7(5-13)8(14)15/h7,13H,2-6H2,1H3,(H,14,15)(H2,11,12,16). The van der Waals surface area contributed by atoms with Crippen molar-refractivity contribution in [2.24, 2.45) is 0 Å². The highest BCUT2D eigenvalue weighted by atomic mass is 16.5. The predicted octanol–water partition coefficient (Wildman–Crippen LogP) is -0.700. The summed E-state index contributed by atoms with van der Waals surface area (Å²) in [6.45, 7) is -0.300. The predicted molar refractivity (Wildman–Crippen MR) is 58.6 cm³/mol. The molecule has 1 aliphatic carbocycles. The van der Waals surface area contributed by atoms with Crippen LogP contribution in [0, 0.1) is 0 Å². The molecular formula is C10H18N2O5. The van der Waals surface area contributed by atoms with Crippen LogP contribution in [0.5, 0.6) is 0 Å². The molecule has 0 aromatic rings. The lowest BCUT2D eigenvalue weighted by atomic mass is 9.80. The number of hydrogen-bond donors (Lipinski definition) is 4. The SMILES string of the molecule is COC1(CNC(=O)NC(CO)C(=O)O)CCC1. The number of aliphatic hydroxyl groups is 1. The minimum Gasteiger partial charge on any atom is -0.480 e. The van der Waals surface area contributed by atoms with Crippen LogP contribution in [0.1, 0.15) is 19.3 Å². The summed E-state index contributed by atoms with van der Waals surface area (Å²) >= 11 is 0. The fraction of sp³-hybridized carbons (Fsp3) is 0.800. The van der Waals surface area contributed by atoms with Crippen molar-refractivity contribution in [2.75, 3.05) is 20.3 Å². The van der Waals surface area contributed by atoms with Crippen LogP contribution in [0.4, 0.5) is 4.79 Å². The number of methoxy groups -OCH3 is 1. The molecule has 4 N–H and O–H groups in total. The van der Waals surface area contributed by atoms with E-state index in [1.165, 1.54) is 0 Å². The van der Waals surface area contributed by atoms with Gasteiger partial charge in [0.15, 0.2) is 6.04 Å². The molecule has 0 saturated heterocycles. The maximum atomic E-state index is 11.4. The van der Waals surface area contributed by atoms with Crippen molar-refractivity contribution in [3.8, 4) is 0 Å². The minimum atomic E-state index is -1.28. The number of aliphatic carboxylic acids is 1. The number of hydrogen-bond acceptors (Lipinski definition) is 4. The van der Waals surface area contributed by atoms with E-state index < -0.39 is 24.6 Å². The molecule has 0 spiro atoms. The summed E-state index contributed by atoms with van der Waals surface area (Å²) in [5.74, 6) is -1.27. The fourth-order valence-electron chi connectivity index (χ4n) is 1.66. The number of carbonyl (C=O) groups is 2. The Kier molecular flexibility index (Phi) is 4.71. The van der Waals surface area contributed by atoms with Crippen LogP contribution in [0.3, 0.4) is 0 Å². The Morgan fingerprint density at radius 2 is 2.12 bits per heavy atom. The van der Waals surface area contributed by atoms with Crippen LogP contribution in [-0.2, 0) is 9.53 Å². The van der Waals surface area contributed by atoms with E-state index in [1.807, 2.05) is 0 Å². The number of carboxylic acid groups (broad SMARTS) is 1. The molecule has 2 amide bonds. The minimum absolute atomic E-state index is 0.310. The number of rotatable bonds is 6. The van der Waals surface area contributed by atoms with Gasteiger partial charge in [0, 0.05) is 13.7 Å². The Morgan fingerprint density at radius 1 is 1.47 bits per heavy atom. The molecule has 0 radical (unpaired) electrons. The Balaban J connectivity index is 2.32. The van der Waals surface area contributed by atoms with E-state index >= 15 is 0 Å². The molecular weight excluding hydrogens is 228 g/mol. The van der Waals surface area contributed by atoms with Crippen LogP contribution < -0.4 is 10.6 Å². The molecule has 1 rings (SSSR count). The zero-order valence-electron chi connectivity index (χ0n) is 9.73. The maximum absolute atomic E-state index is 11.4. The first-order valence-corrected chi connectivity index (χ1v) is 5.46. The molecule has 17 heavy (non-hydrogen) atoms. The first-order chi connectivity index (χ1) is 8.03. The number of nitrogens with one attached hydrogen (secondary N) is 2. The van der Waals surface area contributed by atoms with E-state index in [-0.39, 0.29) is 5.60 Å². The maximum Gasteiger partial charge on any atom is 0.328 e. The van der Waals surface area contributed by atoms with E-state index in [9.17, 15) is 9.59 Å². The first kappa shape index (κ1) is 13.7. The molecule has 1 aliphatic rings. The van der Waals surface area contributed by atoms with Gasteiger partial charge in [0.25, 0.3) is 0 Å². The summed E-state index contributed by atoms with van der Waals surface area (Å²) in [5, 5.41) is 22.1. The zero-order chi connectivity index (χ0) is 12.9.